The van der Waals surface area contributed by atoms with Crippen LogP contribution in [-0.4, -0.2) is 37.2 Å². The summed E-state index contributed by atoms with van der Waals surface area (Å²) in [6.07, 6.45) is 103. The van der Waals surface area contributed by atoms with E-state index in [0.29, 0.717) is 19.3 Å². The van der Waals surface area contributed by atoms with Crippen LogP contribution in [0.25, 0.3) is 0 Å². The van der Waals surface area contributed by atoms with E-state index in [9.17, 15) is 14.4 Å². The standard InChI is InChI=1S/C77H120O6/c1-4-7-10-13-16-19-22-25-28-31-33-34-35-36-37-38-39-40-41-42-44-46-49-52-55-58-61-64-67-70-76(79)82-73-74(72-81-75(78)69-66-63-60-57-54-51-48-45-30-27-24-21-18-15-12-9-6-3)83-77(80)71-68-65-62-59-56-53-50-47-43-32-29-26-23-20-17-14-11-8-5-2/h7-8,10-11,16-17,19-20,25-30,33-34,36-37,39-40,42-44,47,49,52-53,56,62,65,74H,4-6,9,12-15,18,21-24,31-32,35,38,41,45-46,48,50-51,54-55,57-61,63-64,66-73H2,1-3H3/b10-7-,11-8-,19-16-,20-17-,28-25-,29-26-,30-27-,34-33-,37-36-,40-39-,44-42-,47-43-,52-49-,56-53-,65-62-. The molecule has 464 valence electrons. The van der Waals surface area contributed by atoms with Crippen LogP contribution in [0.3, 0.4) is 0 Å². The molecule has 6 nitrogen and oxygen atoms in total. The minimum Gasteiger partial charge on any atom is -0.462 e. The van der Waals surface area contributed by atoms with Gasteiger partial charge >= 0.3 is 17.9 Å². The number of hydrogen-bond donors (Lipinski definition) is 0. The van der Waals surface area contributed by atoms with Crippen molar-refractivity contribution in [3.05, 3.63) is 182 Å². The Hall–Kier alpha value is -5.49. The lowest BCUT2D eigenvalue weighted by Crippen LogP contribution is -2.30. The second kappa shape index (κ2) is 69.0. The Morgan fingerprint density at radius 2 is 0.494 bits per heavy atom. The maximum absolute atomic E-state index is 12.9. The number of hydrogen-bond acceptors (Lipinski definition) is 6. The normalized spacial score (nSPS) is 13.3. The minimum atomic E-state index is -0.843. The molecule has 0 aromatic heterocycles. The Morgan fingerprint density at radius 1 is 0.253 bits per heavy atom. The summed E-state index contributed by atoms with van der Waals surface area (Å²) >= 11 is 0. The van der Waals surface area contributed by atoms with Gasteiger partial charge in [0.05, 0.1) is 0 Å². The molecule has 6 heteroatoms. The molecule has 83 heavy (non-hydrogen) atoms. The molecule has 0 aliphatic rings. The Balaban J connectivity index is 4.54. The molecular formula is C77H120O6. The third-order valence-corrected chi connectivity index (χ3v) is 13.4. The van der Waals surface area contributed by atoms with Gasteiger partial charge in [-0.15, -0.1) is 0 Å². The fraction of sp³-hybridized carbons (Fsp3) is 0.571. The Labute approximate surface area is 510 Å². The number of rotatable bonds is 58. The van der Waals surface area contributed by atoms with Crippen LogP contribution >= 0.6 is 0 Å². The molecule has 0 spiro atoms. The average molecular weight is 1140 g/mol. The molecule has 0 fully saturated rings. The first kappa shape index (κ1) is 77.5. The van der Waals surface area contributed by atoms with Gasteiger partial charge in [-0.25, -0.2) is 0 Å². The summed E-state index contributed by atoms with van der Waals surface area (Å²) in [6, 6.07) is 0. The van der Waals surface area contributed by atoms with Gasteiger partial charge in [-0.05, 0) is 148 Å². The summed E-state index contributed by atoms with van der Waals surface area (Å²) in [4.78, 5) is 38.4. The molecule has 0 aliphatic heterocycles. The van der Waals surface area contributed by atoms with Crippen molar-refractivity contribution in [3.63, 3.8) is 0 Å². The highest BCUT2D eigenvalue weighted by Gasteiger charge is 2.19. The molecule has 0 aromatic rings. The van der Waals surface area contributed by atoms with Gasteiger partial charge in [0.2, 0.25) is 0 Å². The highest BCUT2D eigenvalue weighted by atomic mass is 16.6. The lowest BCUT2D eigenvalue weighted by molar-refractivity contribution is -0.166. The van der Waals surface area contributed by atoms with E-state index in [4.69, 9.17) is 14.2 Å². The van der Waals surface area contributed by atoms with Crippen molar-refractivity contribution in [1.82, 2.24) is 0 Å². The first-order valence-corrected chi connectivity index (χ1v) is 33.3. The van der Waals surface area contributed by atoms with Gasteiger partial charge in [0.25, 0.3) is 0 Å². The summed E-state index contributed by atoms with van der Waals surface area (Å²) in [5.41, 5.74) is 0. The smallest absolute Gasteiger partial charge is 0.306 e. The first-order valence-electron chi connectivity index (χ1n) is 33.3. The summed E-state index contributed by atoms with van der Waals surface area (Å²) in [7, 11) is 0. The molecule has 0 amide bonds. The number of allylic oxidation sites excluding steroid dienone is 30. The molecule has 0 aliphatic carbocycles. The fourth-order valence-electron chi connectivity index (χ4n) is 8.48. The molecule has 0 radical (unpaired) electrons. The third kappa shape index (κ3) is 67.2. The van der Waals surface area contributed by atoms with Crippen LogP contribution in [0.15, 0.2) is 182 Å². The zero-order chi connectivity index (χ0) is 59.9. The highest BCUT2D eigenvalue weighted by Crippen LogP contribution is 2.14. The molecule has 0 saturated heterocycles. The number of esters is 3. The second-order valence-electron chi connectivity index (χ2n) is 21.3. The van der Waals surface area contributed by atoms with Crippen molar-refractivity contribution in [2.24, 2.45) is 0 Å². The number of unbranched alkanes of at least 4 members (excludes halogenated alkanes) is 17. The van der Waals surface area contributed by atoms with Crippen LogP contribution in [0.4, 0.5) is 0 Å². The van der Waals surface area contributed by atoms with Crippen LogP contribution in [0.1, 0.15) is 265 Å². The Kier molecular flexibility index (Phi) is 64.4. The second-order valence-corrected chi connectivity index (χ2v) is 21.3. The number of carbonyl (C=O) groups excluding carboxylic acids is 3. The van der Waals surface area contributed by atoms with Gasteiger partial charge < -0.3 is 14.2 Å². The van der Waals surface area contributed by atoms with Gasteiger partial charge in [-0.3, -0.25) is 14.4 Å². The van der Waals surface area contributed by atoms with E-state index in [-0.39, 0.29) is 31.6 Å². The lowest BCUT2D eigenvalue weighted by Gasteiger charge is -2.18. The van der Waals surface area contributed by atoms with Gasteiger partial charge in [0.1, 0.15) is 13.2 Å². The zero-order valence-corrected chi connectivity index (χ0v) is 53.1. The first-order chi connectivity index (χ1) is 41.0. The number of carbonyl (C=O) groups is 3. The molecule has 0 bridgehead atoms. The third-order valence-electron chi connectivity index (χ3n) is 13.4. The summed E-state index contributed by atoms with van der Waals surface area (Å²) in [5, 5.41) is 0. The predicted octanol–water partition coefficient (Wildman–Crippen LogP) is 23.2. The largest absolute Gasteiger partial charge is 0.462 e. The molecule has 0 aromatic carbocycles. The molecule has 0 N–H and O–H groups in total. The van der Waals surface area contributed by atoms with Crippen LogP contribution in [0.2, 0.25) is 0 Å². The Bertz CT molecular complexity index is 1940. The van der Waals surface area contributed by atoms with Crippen molar-refractivity contribution in [1.29, 1.82) is 0 Å². The maximum atomic E-state index is 12.9. The maximum Gasteiger partial charge on any atom is 0.306 e. The number of ether oxygens (including phenoxy) is 3. The van der Waals surface area contributed by atoms with Crippen LogP contribution in [0.5, 0.6) is 0 Å². The predicted molar refractivity (Wildman–Crippen MR) is 361 cm³/mol. The van der Waals surface area contributed by atoms with Gasteiger partial charge in [0.15, 0.2) is 6.10 Å². The van der Waals surface area contributed by atoms with Crippen LogP contribution in [0, 0.1) is 0 Å². The van der Waals surface area contributed by atoms with Crippen molar-refractivity contribution in [2.75, 3.05) is 13.2 Å². The van der Waals surface area contributed by atoms with E-state index in [1.807, 2.05) is 12.2 Å². The SMILES string of the molecule is CC/C=C\C/C=C\C/C=C\C/C=C\C/C=C\C/C=C\C/C=C\C/C=C\CCCCCCC(=O)OCC(COC(=O)CCCCCCCCC/C=C\CCCCCCCC)OC(=O)CC/C=C\C/C=C\C/C=C\C/C=C\C/C=C\C/C=C\CC. The van der Waals surface area contributed by atoms with Crippen LogP contribution in [-0.2, 0) is 28.6 Å². The molecule has 0 rings (SSSR count). The summed E-state index contributed by atoms with van der Waals surface area (Å²) < 4.78 is 16.8. The molecule has 1 atom stereocenters. The average Bonchev–Trinajstić information content (AvgIpc) is 3.49. The lowest BCUT2D eigenvalue weighted by atomic mass is 10.1. The van der Waals surface area contributed by atoms with Gasteiger partial charge in [-0.1, -0.05) is 280 Å². The fourth-order valence-corrected chi connectivity index (χ4v) is 8.48. The van der Waals surface area contributed by atoms with Crippen molar-refractivity contribution in [2.45, 2.75) is 271 Å². The van der Waals surface area contributed by atoms with E-state index >= 15 is 0 Å². The van der Waals surface area contributed by atoms with E-state index in [1.165, 1.54) is 77.0 Å². The van der Waals surface area contributed by atoms with E-state index in [2.05, 4.69) is 191 Å². The zero-order valence-electron chi connectivity index (χ0n) is 53.1. The van der Waals surface area contributed by atoms with Gasteiger partial charge in [0, 0.05) is 19.3 Å². The van der Waals surface area contributed by atoms with Crippen molar-refractivity contribution >= 4 is 17.9 Å². The molecule has 0 heterocycles. The van der Waals surface area contributed by atoms with Crippen LogP contribution < -0.4 is 0 Å². The van der Waals surface area contributed by atoms with E-state index in [0.717, 1.165) is 141 Å². The summed E-state index contributed by atoms with van der Waals surface area (Å²) in [6.45, 7) is 6.32. The quantitative estimate of drug-likeness (QED) is 0.0261. The molecule has 1 unspecified atom stereocenters. The van der Waals surface area contributed by atoms with Crippen molar-refractivity contribution in [3.8, 4) is 0 Å². The van der Waals surface area contributed by atoms with E-state index in [1.54, 1.807) is 0 Å². The highest BCUT2D eigenvalue weighted by molar-refractivity contribution is 5.71. The molecular weight excluding hydrogens is 1020 g/mol. The monoisotopic (exact) mass is 1140 g/mol. The molecule has 0 saturated carbocycles. The minimum absolute atomic E-state index is 0.127. The topological polar surface area (TPSA) is 78.9 Å². The Morgan fingerprint density at radius 3 is 0.795 bits per heavy atom. The summed E-state index contributed by atoms with van der Waals surface area (Å²) in [5.74, 6) is -1.05. The van der Waals surface area contributed by atoms with Gasteiger partial charge in [-0.2, -0.15) is 0 Å². The van der Waals surface area contributed by atoms with E-state index < -0.39 is 12.1 Å². The van der Waals surface area contributed by atoms with Crippen molar-refractivity contribution < 1.29 is 28.6 Å².